The summed E-state index contributed by atoms with van der Waals surface area (Å²) in [5.74, 6) is -0.310. The zero-order valence-corrected chi connectivity index (χ0v) is 13.1. The Hall–Kier alpha value is -1.34. The lowest BCUT2D eigenvalue weighted by Gasteiger charge is -2.19. The van der Waals surface area contributed by atoms with Crippen molar-refractivity contribution in [2.75, 3.05) is 6.54 Å². The molecule has 5 N–H and O–H groups in total. The molecule has 0 bridgehead atoms. The molecule has 1 saturated carbocycles. The Labute approximate surface area is 125 Å². The molecule has 7 heteroatoms. The molecule has 0 aliphatic heterocycles. The number of hydrogen-bond acceptors (Lipinski definition) is 6. The highest BCUT2D eigenvalue weighted by molar-refractivity contribution is 5.70. The number of esters is 1. The van der Waals surface area contributed by atoms with Crippen LogP contribution in [-0.4, -0.2) is 42.4 Å². The molecule has 1 amide bonds. The molecular formula is C14H27N3O4. The molecule has 1 rings (SSSR count). The zero-order valence-electron chi connectivity index (χ0n) is 13.1. The standard InChI is InChI=1S/C14H27N3O4/c1-14(2,3)21-13(19)17-6-4-5-12(18)20-11-8-9(15)7-10(11)16/h9-11H,4-8,15-16H2,1-3H3,(H,17,19)/t9-,10+,11+/m1/s1. The second-order valence-corrected chi connectivity index (χ2v) is 6.46. The summed E-state index contributed by atoms with van der Waals surface area (Å²) in [7, 11) is 0. The molecule has 3 atom stereocenters. The fraction of sp³-hybridized carbons (Fsp3) is 0.857. The van der Waals surface area contributed by atoms with E-state index in [9.17, 15) is 9.59 Å². The van der Waals surface area contributed by atoms with Crippen LogP contribution in [0.3, 0.4) is 0 Å². The van der Waals surface area contributed by atoms with E-state index in [-0.39, 0.29) is 30.6 Å². The first-order chi connectivity index (χ1) is 9.67. The Balaban J connectivity index is 2.13. The highest BCUT2D eigenvalue weighted by Gasteiger charge is 2.32. The predicted molar refractivity (Wildman–Crippen MR) is 78.5 cm³/mol. The number of nitrogens with one attached hydrogen (secondary N) is 1. The van der Waals surface area contributed by atoms with Crippen molar-refractivity contribution in [2.45, 2.75) is 70.2 Å². The Morgan fingerprint density at radius 1 is 1.24 bits per heavy atom. The largest absolute Gasteiger partial charge is 0.461 e. The minimum atomic E-state index is -0.527. The lowest BCUT2D eigenvalue weighted by atomic mass is 10.2. The summed E-state index contributed by atoms with van der Waals surface area (Å²) in [4.78, 5) is 23.0. The van der Waals surface area contributed by atoms with Gasteiger partial charge in [-0.2, -0.15) is 0 Å². The Morgan fingerprint density at radius 3 is 2.43 bits per heavy atom. The van der Waals surface area contributed by atoms with Crippen LogP contribution in [-0.2, 0) is 14.3 Å². The van der Waals surface area contributed by atoms with Crippen LogP contribution >= 0.6 is 0 Å². The SMILES string of the molecule is CC(C)(C)OC(=O)NCCCC(=O)O[C@H]1C[C@H](N)C[C@@H]1N. The Kier molecular flexibility index (Phi) is 6.42. The first-order valence-corrected chi connectivity index (χ1v) is 7.35. The normalized spacial score (nSPS) is 25.5. The number of hydrogen-bond donors (Lipinski definition) is 3. The van der Waals surface area contributed by atoms with Gasteiger partial charge in [-0.05, 0) is 33.6 Å². The van der Waals surface area contributed by atoms with E-state index in [2.05, 4.69) is 5.32 Å². The molecule has 21 heavy (non-hydrogen) atoms. The third kappa shape index (κ3) is 7.29. The van der Waals surface area contributed by atoms with Crippen molar-refractivity contribution in [3.63, 3.8) is 0 Å². The summed E-state index contributed by atoms with van der Waals surface area (Å²) in [5, 5.41) is 2.59. The highest BCUT2D eigenvalue weighted by Crippen LogP contribution is 2.20. The van der Waals surface area contributed by atoms with Crippen LogP contribution in [0, 0.1) is 0 Å². The van der Waals surface area contributed by atoms with E-state index < -0.39 is 11.7 Å². The molecule has 0 radical (unpaired) electrons. The van der Waals surface area contributed by atoms with Gasteiger partial charge >= 0.3 is 12.1 Å². The second kappa shape index (κ2) is 7.61. The number of carbonyl (C=O) groups is 2. The topological polar surface area (TPSA) is 117 Å². The van der Waals surface area contributed by atoms with Crippen molar-refractivity contribution in [2.24, 2.45) is 11.5 Å². The average Bonchev–Trinajstić information content (AvgIpc) is 2.61. The molecule has 0 heterocycles. The van der Waals surface area contributed by atoms with E-state index in [1.54, 1.807) is 20.8 Å². The Bertz CT molecular complexity index is 368. The van der Waals surface area contributed by atoms with E-state index in [0.29, 0.717) is 25.8 Å². The zero-order chi connectivity index (χ0) is 16.0. The minimum Gasteiger partial charge on any atom is -0.461 e. The summed E-state index contributed by atoms with van der Waals surface area (Å²) in [6.07, 6.45) is 1.24. The number of ether oxygens (including phenoxy) is 2. The van der Waals surface area contributed by atoms with E-state index in [1.165, 1.54) is 0 Å². The molecule has 0 aromatic heterocycles. The predicted octanol–water partition coefficient (Wildman–Crippen LogP) is 0.652. The maximum absolute atomic E-state index is 11.7. The van der Waals surface area contributed by atoms with Crippen molar-refractivity contribution >= 4 is 12.1 Å². The Morgan fingerprint density at radius 2 is 1.90 bits per heavy atom. The fourth-order valence-corrected chi connectivity index (χ4v) is 2.17. The molecule has 0 spiro atoms. The quantitative estimate of drug-likeness (QED) is 0.507. The van der Waals surface area contributed by atoms with Gasteiger partial charge in [0, 0.05) is 31.5 Å². The third-order valence-electron chi connectivity index (χ3n) is 3.10. The number of carbonyl (C=O) groups excluding carboxylic acids is 2. The second-order valence-electron chi connectivity index (χ2n) is 6.46. The number of nitrogens with two attached hydrogens (primary N) is 2. The number of amides is 1. The first-order valence-electron chi connectivity index (χ1n) is 7.35. The van der Waals surface area contributed by atoms with Crippen LogP contribution in [0.2, 0.25) is 0 Å². The van der Waals surface area contributed by atoms with Gasteiger partial charge in [0.15, 0.2) is 0 Å². The molecule has 7 nitrogen and oxygen atoms in total. The fourth-order valence-electron chi connectivity index (χ4n) is 2.17. The lowest BCUT2D eigenvalue weighted by molar-refractivity contribution is -0.149. The summed E-state index contributed by atoms with van der Waals surface area (Å²) in [5.41, 5.74) is 11.1. The van der Waals surface area contributed by atoms with E-state index in [1.807, 2.05) is 0 Å². The van der Waals surface area contributed by atoms with Gasteiger partial charge in [0.2, 0.25) is 0 Å². The van der Waals surface area contributed by atoms with Gasteiger partial charge in [0.05, 0.1) is 0 Å². The minimum absolute atomic E-state index is 0.00614. The summed E-state index contributed by atoms with van der Waals surface area (Å²) in [6, 6.07) is -0.171. The lowest BCUT2D eigenvalue weighted by Crippen LogP contribution is -2.34. The van der Waals surface area contributed by atoms with Crippen molar-refractivity contribution in [1.82, 2.24) is 5.32 Å². The van der Waals surface area contributed by atoms with E-state index >= 15 is 0 Å². The van der Waals surface area contributed by atoms with Gasteiger partial charge < -0.3 is 26.3 Å². The van der Waals surface area contributed by atoms with Gasteiger partial charge in [0.25, 0.3) is 0 Å². The van der Waals surface area contributed by atoms with Crippen LogP contribution in [0.15, 0.2) is 0 Å². The van der Waals surface area contributed by atoms with Gasteiger partial charge in [-0.15, -0.1) is 0 Å². The van der Waals surface area contributed by atoms with E-state index in [4.69, 9.17) is 20.9 Å². The molecule has 122 valence electrons. The van der Waals surface area contributed by atoms with Gasteiger partial charge in [-0.3, -0.25) is 4.79 Å². The average molecular weight is 301 g/mol. The van der Waals surface area contributed by atoms with Crippen LogP contribution in [0.1, 0.15) is 46.5 Å². The van der Waals surface area contributed by atoms with Crippen LogP contribution in [0.25, 0.3) is 0 Å². The highest BCUT2D eigenvalue weighted by atomic mass is 16.6. The smallest absolute Gasteiger partial charge is 0.407 e. The van der Waals surface area contributed by atoms with Gasteiger partial charge in [-0.25, -0.2) is 4.79 Å². The van der Waals surface area contributed by atoms with Crippen molar-refractivity contribution in [3.8, 4) is 0 Å². The van der Waals surface area contributed by atoms with E-state index in [0.717, 1.165) is 0 Å². The molecular weight excluding hydrogens is 274 g/mol. The first kappa shape index (κ1) is 17.7. The summed E-state index contributed by atoms with van der Waals surface area (Å²) >= 11 is 0. The summed E-state index contributed by atoms with van der Waals surface area (Å²) < 4.78 is 10.4. The van der Waals surface area contributed by atoms with Gasteiger partial charge in [-0.1, -0.05) is 0 Å². The molecule has 1 aliphatic rings. The van der Waals surface area contributed by atoms with Crippen LogP contribution in [0.4, 0.5) is 4.79 Å². The number of rotatable bonds is 5. The molecule has 0 aromatic carbocycles. The molecule has 1 aliphatic carbocycles. The number of alkyl carbamates (subject to hydrolysis) is 1. The monoisotopic (exact) mass is 301 g/mol. The van der Waals surface area contributed by atoms with Gasteiger partial charge in [0.1, 0.15) is 11.7 Å². The van der Waals surface area contributed by atoms with Crippen LogP contribution in [0.5, 0.6) is 0 Å². The van der Waals surface area contributed by atoms with Crippen molar-refractivity contribution < 1.29 is 19.1 Å². The molecule has 0 aromatic rings. The van der Waals surface area contributed by atoms with Crippen LogP contribution < -0.4 is 16.8 Å². The molecule has 0 unspecified atom stereocenters. The summed E-state index contributed by atoms with van der Waals surface area (Å²) in [6.45, 7) is 5.73. The van der Waals surface area contributed by atoms with Crippen molar-refractivity contribution in [1.29, 1.82) is 0 Å². The van der Waals surface area contributed by atoms with Crippen molar-refractivity contribution in [3.05, 3.63) is 0 Å². The molecule has 0 saturated heterocycles. The maximum Gasteiger partial charge on any atom is 0.407 e. The maximum atomic E-state index is 11.7. The molecule has 1 fully saturated rings. The third-order valence-corrected chi connectivity index (χ3v) is 3.10.